The van der Waals surface area contributed by atoms with Gasteiger partial charge < -0.3 is 0 Å². The highest BCUT2D eigenvalue weighted by Crippen LogP contribution is 2.08. The molecule has 2 aromatic carbocycles. The molecular formula is C15H15N. The van der Waals surface area contributed by atoms with Gasteiger partial charge in [-0.25, -0.2) is 0 Å². The van der Waals surface area contributed by atoms with Crippen molar-refractivity contribution in [3.63, 3.8) is 0 Å². The fourth-order valence-electron chi connectivity index (χ4n) is 1.73. The van der Waals surface area contributed by atoms with Crippen LogP contribution in [0.15, 0.2) is 65.7 Å². The Bertz CT molecular complexity index is 457. The van der Waals surface area contributed by atoms with Gasteiger partial charge in [-0.3, -0.25) is 4.99 Å². The zero-order chi connectivity index (χ0) is 11.2. The quantitative estimate of drug-likeness (QED) is 0.687. The zero-order valence-corrected chi connectivity index (χ0v) is 9.43. The minimum Gasteiger partial charge on any atom is -0.292 e. The van der Waals surface area contributed by atoms with E-state index in [1.54, 1.807) is 0 Å². The maximum atomic E-state index is 4.37. The first kappa shape index (κ1) is 10.6. The molecule has 2 rings (SSSR count). The average Bonchev–Trinajstić information content (AvgIpc) is 2.38. The Hall–Kier alpha value is -1.89. The highest BCUT2D eigenvalue weighted by atomic mass is 14.7. The highest BCUT2D eigenvalue weighted by Gasteiger charge is 2.02. The number of hydrogen-bond acceptors (Lipinski definition) is 1. The molecule has 0 radical (unpaired) electrons. The fraction of sp³-hybridized carbons (Fsp3) is 0.133. The van der Waals surface area contributed by atoms with Crippen molar-refractivity contribution in [2.24, 2.45) is 4.99 Å². The standard InChI is InChI=1S/C15H15N/c1-16-15(14-10-6-3-7-11-14)12-13-8-4-2-5-9-13/h2-11H,12H2,1H3/b16-15+. The first-order valence-corrected chi connectivity index (χ1v) is 5.45. The van der Waals surface area contributed by atoms with Crippen LogP contribution in [0.1, 0.15) is 11.1 Å². The Morgan fingerprint density at radius 2 is 1.44 bits per heavy atom. The van der Waals surface area contributed by atoms with Crippen LogP contribution in [0.5, 0.6) is 0 Å². The minimum atomic E-state index is 0.890. The predicted octanol–water partition coefficient (Wildman–Crippen LogP) is 3.35. The number of aliphatic imine (C=N–C) groups is 1. The van der Waals surface area contributed by atoms with Crippen LogP contribution in [-0.2, 0) is 6.42 Å². The van der Waals surface area contributed by atoms with E-state index >= 15 is 0 Å². The Kier molecular flexibility index (Phi) is 3.50. The summed E-state index contributed by atoms with van der Waals surface area (Å²) in [6.45, 7) is 0. The fourth-order valence-corrected chi connectivity index (χ4v) is 1.73. The van der Waals surface area contributed by atoms with E-state index in [0.717, 1.165) is 12.1 Å². The summed E-state index contributed by atoms with van der Waals surface area (Å²) in [4.78, 5) is 4.37. The molecule has 0 atom stereocenters. The van der Waals surface area contributed by atoms with Gasteiger partial charge in [-0.15, -0.1) is 0 Å². The Morgan fingerprint density at radius 1 is 0.875 bits per heavy atom. The Labute approximate surface area is 96.5 Å². The van der Waals surface area contributed by atoms with Gasteiger partial charge in [0.1, 0.15) is 0 Å². The van der Waals surface area contributed by atoms with Gasteiger partial charge >= 0.3 is 0 Å². The molecule has 80 valence electrons. The van der Waals surface area contributed by atoms with Crippen LogP contribution >= 0.6 is 0 Å². The monoisotopic (exact) mass is 209 g/mol. The second-order valence-corrected chi connectivity index (χ2v) is 3.70. The van der Waals surface area contributed by atoms with Gasteiger partial charge in [-0.1, -0.05) is 60.7 Å². The molecular weight excluding hydrogens is 194 g/mol. The van der Waals surface area contributed by atoms with Crippen LogP contribution < -0.4 is 0 Å². The van der Waals surface area contributed by atoms with E-state index in [0.29, 0.717) is 0 Å². The van der Waals surface area contributed by atoms with Crippen molar-refractivity contribution in [3.8, 4) is 0 Å². The molecule has 0 amide bonds. The maximum Gasteiger partial charge on any atom is 0.0460 e. The molecule has 0 aliphatic rings. The lowest BCUT2D eigenvalue weighted by molar-refractivity contribution is 1.27. The molecule has 0 aromatic heterocycles. The Morgan fingerprint density at radius 3 is 2.00 bits per heavy atom. The summed E-state index contributed by atoms with van der Waals surface area (Å²) in [6, 6.07) is 20.8. The third-order valence-electron chi connectivity index (χ3n) is 2.59. The normalized spacial score (nSPS) is 11.4. The van der Waals surface area contributed by atoms with Gasteiger partial charge in [-0.2, -0.15) is 0 Å². The van der Waals surface area contributed by atoms with E-state index in [-0.39, 0.29) is 0 Å². The lowest BCUT2D eigenvalue weighted by atomic mass is 10.0. The lowest BCUT2D eigenvalue weighted by Gasteiger charge is -2.05. The topological polar surface area (TPSA) is 12.4 Å². The third kappa shape index (κ3) is 2.57. The summed E-state index contributed by atoms with van der Waals surface area (Å²) in [6.07, 6.45) is 0.890. The molecule has 0 saturated heterocycles. The first-order valence-electron chi connectivity index (χ1n) is 5.45. The Balaban J connectivity index is 2.20. The van der Waals surface area contributed by atoms with E-state index < -0.39 is 0 Å². The molecule has 16 heavy (non-hydrogen) atoms. The molecule has 0 N–H and O–H groups in total. The van der Waals surface area contributed by atoms with Gasteiger partial charge in [0, 0.05) is 19.2 Å². The molecule has 0 aliphatic heterocycles. The zero-order valence-electron chi connectivity index (χ0n) is 9.43. The summed E-state index contributed by atoms with van der Waals surface area (Å²) in [5, 5.41) is 0. The minimum absolute atomic E-state index is 0.890. The molecule has 0 heterocycles. The first-order chi connectivity index (χ1) is 7.90. The van der Waals surface area contributed by atoms with Crippen LogP contribution in [0.4, 0.5) is 0 Å². The molecule has 0 bridgehead atoms. The second-order valence-electron chi connectivity index (χ2n) is 3.70. The molecule has 0 saturated carbocycles. The molecule has 0 fully saturated rings. The molecule has 1 heteroatoms. The SMILES string of the molecule is C/N=C(\Cc1ccccc1)c1ccccc1. The van der Waals surface area contributed by atoms with Gasteiger partial charge in [0.2, 0.25) is 0 Å². The van der Waals surface area contributed by atoms with Crippen molar-refractivity contribution < 1.29 is 0 Å². The van der Waals surface area contributed by atoms with E-state index in [4.69, 9.17) is 0 Å². The van der Waals surface area contributed by atoms with Crippen molar-refractivity contribution >= 4 is 5.71 Å². The van der Waals surface area contributed by atoms with Crippen LogP contribution in [0.25, 0.3) is 0 Å². The smallest absolute Gasteiger partial charge is 0.0460 e. The largest absolute Gasteiger partial charge is 0.292 e. The summed E-state index contributed by atoms with van der Waals surface area (Å²) < 4.78 is 0. The van der Waals surface area contributed by atoms with Crippen LogP contribution in [0.3, 0.4) is 0 Å². The second kappa shape index (κ2) is 5.26. The van der Waals surface area contributed by atoms with Crippen molar-refractivity contribution in [1.29, 1.82) is 0 Å². The molecule has 0 spiro atoms. The summed E-state index contributed by atoms with van der Waals surface area (Å²) in [5.41, 5.74) is 3.63. The third-order valence-corrected chi connectivity index (χ3v) is 2.59. The van der Waals surface area contributed by atoms with E-state index in [1.807, 2.05) is 31.3 Å². The summed E-state index contributed by atoms with van der Waals surface area (Å²) >= 11 is 0. The average molecular weight is 209 g/mol. The lowest BCUT2D eigenvalue weighted by Crippen LogP contribution is -2.04. The number of rotatable bonds is 3. The van der Waals surface area contributed by atoms with E-state index in [9.17, 15) is 0 Å². The van der Waals surface area contributed by atoms with Crippen LogP contribution in [0, 0.1) is 0 Å². The highest BCUT2D eigenvalue weighted by molar-refractivity contribution is 6.01. The van der Waals surface area contributed by atoms with E-state index in [1.165, 1.54) is 11.1 Å². The molecule has 0 unspecified atom stereocenters. The van der Waals surface area contributed by atoms with Gasteiger partial charge in [-0.05, 0) is 11.1 Å². The number of hydrogen-bond donors (Lipinski definition) is 0. The summed E-state index contributed by atoms with van der Waals surface area (Å²) in [7, 11) is 1.85. The van der Waals surface area contributed by atoms with Crippen molar-refractivity contribution in [2.75, 3.05) is 7.05 Å². The van der Waals surface area contributed by atoms with Crippen LogP contribution in [-0.4, -0.2) is 12.8 Å². The summed E-state index contributed by atoms with van der Waals surface area (Å²) in [5.74, 6) is 0. The van der Waals surface area contributed by atoms with Crippen LogP contribution in [0.2, 0.25) is 0 Å². The number of benzene rings is 2. The van der Waals surface area contributed by atoms with Gasteiger partial charge in [0.05, 0.1) is 0 Å². The van der Waals surface area contributed by atoms with E-state index in [2.05, 4.69) is 41.4 Å². The van der Waals surface area contributed by atoms with Crippen molar-refractivity contribution in [1.82, 2.24) is 0 Å². The van der Waals surface area contributed by atoms with Crippen molar-refractivity contribution in [3.05, 3.63) is 71.8 Å². The molecule has 1 nitrogen and oxygen atoms in total. The molecule has 2 aromatic rings. The van der Waals surface area contributed by atoms with Crippen molar-refractivity contribution in [2.45, 2.75) is 6.42 Å². The maximum absolute atomic E-state index is 4.37. The molecule has 0 aliphatic carbocycles. The van der Waals surface area contributed by atoms with Gasteiger partial charge in [0.25, 0.3) is 0 Å². The van der Waals surface area contributed by atoms with Gasteiger partial charge in [0.15, 0.2) is 0 Å². The predicted molar refractivity (Wildman–Crippen MR) is 69.0 cm³/mol. The number of nitrogens with zero attached hydrogens (tertiary/aromatic N) is 1.